The maximum atomic E-state index is 12.2. The fraction of sp³-hybridized carbons (Fsp3) is 0.364. The van der Waals surface area contributed by atoms with Gasteiger partial charge in [0.05, 0.1) is 6.54 Å². The molecule has 1 fully saturated rings. The second-order valence-electron chi connectivity index (χ2n) is 7.27. The predicted molar refractivity (Wildman–Crippen MR) is 132 cm³/mol. The third-order valence-electron chi connectivity index (χ3n) is 4.81. The number of nitrogens with zero attached hydrogens (tertiary/aromatic N) is 2. The molecule has 0 saturated carbocycles. The van der Waals surface area contributed by atoms with Crippen LogP contribution in [0.5, 0.6) is 5.75 Å². The van der Waals surface area contributed by atoms with Crippen molar-refractivity contribution in [3.05, 3.63) is 59.7 Å². The Balaban J connectivity index is 0.00000385. The van der Waals surface area contributed by atoms with Crippen LogP contribution in [0.15, 0.2) is 53.5 Å². The number of rotatable bonds is 7. The Kier molecular flexibility index (Phi) is 10.1. The Morgan fingerprint density at radius 1 is 1.06 bits per heavy atom. The second-order valence-corrected chi connectivity index (χ2v) is 7.27. The molecular formula is C22H27F3IN5O2. The van der Waals surface area contributed by atoms with Gasteiger partial charge in [0.25, 0.3) is 0 Å². The van der Waals surface area contributed by atoms with Crippen molar-refractivity contribution in [1.82, 2.24) is 16.0 Å². The van der Waals surface area contributed by atoms with Crippen molar-refractivity contribution in [3.63, 3.8) is 0 Å². The normalized spacial score (nSPS) is 14.2. The van der Waals surface area contributed by atoms with E-state index in [-0.39, 0.29) is 35.6 Å². The summed E-state index contributed by atoms with van der Waals surface area (Å²) < 4.78 is 41.3. The molecule has 0 spiro atoms. The molecule has 1 saturated heterocycles. The summed E-state index contributed by atoms with van der Waals surface area (Å²) in [6.07, 6.45) is -4.36. The number of alkyl halides is 3. The first-order chi connectivity index (χ1) is 15.3. The van der Waals surface area contributed by atoms with Crippen LogP contribution in [0.4, 0.5) is 18.9 Å². The van der Waals surface area contributed by atoms with Crippen LogP contribution < -0.4 is 25.6 Å². The van der Waals surface area contributed by atoms with Crippen LogP contribution in [0.1, 0.15) is 11.1 Å². The minimum atomic E-state index is -4.36. The monoisotopic (exact) mass is 577 g/mol. The maximum Gasteiger partial charge on any atom is 0.422 e. The summed E-state index contributed by atoms with van der Waals surface area (Å²) >= 11 is 0. The Morgan fingerprint density at radius 2 is 1.64 bits per heavy atom. The number of piperazine rings is 1. The van der Waals surface area contributed by atoms with E-state index in [1.807, 2.05) is 29.2 Å². The molecule has 3 N–H and O–H groups in total. The van der Waals surface area contributed by atoms with Crippen molar-refractivity contribution in [2.45, 2.75) is 19.3 Å². The first-order valence-electron chi connectivity index (χ1n) is 10.2. The number of halogens is 4. The molecule has 0 radical (unpaired) electrons. The average Bonchev–Trinajstić information content (AvgIpc) is 2.78. The van der Waals surface area contributed by atoms with Crippen molar-refractivity contribution >= 4 is 41.5 Å². The van der Waals surface area contributed by atoms with E-state index < -0.39 is 12.8 Å². The maximum absolute atomic E-state index is 12.2. The lowest BCUT2D eigenvalue weighted by Crippen LogP contribution is -2.47. The van der Waals surface area contributed by atoms with E-state index >= 15 is 0 Å². The smallest absolute Gasteiger partial charge is 0.422 e. The number of amides is 1. The summed E-state index contributed by atoms with van der Waals surface area (Å²) in [5, 5.41) is 9.20. The fourth-order valence-corrected chi connectivity index (χ4v) is 3.14. The minimum absolute atomic E-state index is 0. The lowest BCUT2D eigenvalue weighted by Gasteiger charge is -2.28. The van der Waals surface area contributed by atoms with Crippen molar-refractivity contribution in [2.24, 2.45) is 4.99 Å². The second kappa shape index (κ2) is 12.5. The molecule has 0 aromatic heterocycles. The quantitative estimate of drug-likeness (QED) is 0.268. The van der Waals surface area contributed by atoms with Gasteiger partial charge in [0.1, 0.15) is 5.75 Å². The van der Waals surface area contributed by atoms with E-state index in [9.17, 15) is 18.0 Å². The summed E-state index contributed by atoms with van der Waals surface area (Å²) in [6.45, 7) is 1.50. The number of guanidine groups is 1. The highest BCUT2D eigenvalue weighted by atomic mass is 127. The Hall–Kier alpha value is -2.70. The molecule has 11 heteroatoms. The molecule has 1 amide bonds. The lowest BCUT2D eigenvalue weighted by atomic mass is 10.2. The first kappa shape index (κ1) is 26.6. The van der Waals surface area contributed by atoms with Crippen LogP contribution in [-0.2, 0) is 17.9 Å². The minimum Gasteiger partial charge on any atom is -0.484 e. The van der Waals surface area contributed by atoms with Crippen molar-refractivity contribution < 1.29 is 22.7 Å². The van der Waals surface area contributed by atoms with E-state index in [1.165, 1.54) is 12.1 Å². The van der Waals surface area contributed by atoms with E-state index in [0.29, 0.717) is 32.1 Å². The molecule has 2 aromatic rings. The standard InChI is InChI=1S/C22H26F3N5O2.HI/c1-26-21(29-13-17-4-8-19(9-5-17)32-15-22(23,24)25)28-12-16-2-6-18(7-3-16)30-11-10-27-20(31)14-30;/h2-9H,10-15H2,1H3,(H,27,31)(H2,26,28,29);1H. The molecule has 0 aliphatic carbocycles. The third-order valence-corrected chi connectivity index (χ3v) is 4.81. The van der Waals surface area contributed by atoms with Gasteiger partial charge in [0.2, 0.25) is 5.91 Å². The predicted octanol–water partition coefficient (Wildman–Crippen LogP) is 3.05. The summed E-state index contributed by atoms with van der Waals surface area (Å²) in [7, 11) is 1.66. The number of ether oxygens (including phenoxy) is 1. The molecule has 0 atom stereocenters. The molecule has 180 valence electrons. The number of benzene rings is 2. The number of hydrogen-bond acceptors (Lipinski definition) is 4. The molecule has 0 bridgehead atoms. The van der Waals surface area contributed by atoms with Crippen LogP contribution in [0.2, 0.25) is 0 Å². The topological polar surface area (TPSA) is 78.0 Å². The van der Waals surface area contributed by atoms with Gasteiger partial charge in [-0.2, -0.15) is 13.2 Å². The van der Waals surface area contributed by atoms with Gasteiger partial charge in [-0.15, -0.1) is 24.0 Å². The molecule has 2 aromatic carbocycles. The highest BCUT2D eigenvalue weighted by Crippen LogP contribution is 2.19. The van der Waals surface area contributed by atoms with Crippen LogP contribution in [-0.4, -0.2) is 51.3 Å². The zero-order valence-electron chi connectivity index (χ0n) is 18.1. The van der Waals surface area contributed by atoms with Gasteiger partial charge in [-0.3, -0.25) is 9.79 Å². The number of aliphatic imine (C=N–C) groups is 1. The van der Waals surface area contributed by atoms with E-state index in [4.69, 9.17) is 4.74 Å². The van der Waals surface area contributed by atoms with E-state index in [1.54, 1.807) is 19.2 Å². The zero-order valence-corrected chi connectivity index (χ0v) is 20.4. The van der Waals surface area contributed by atoms with E-state index in [0.717, 1.165) is 23.4 Å². The number of anilines is 1. The molecule has 7 nitrogen and oxygen atoms in total. The van der Waals surface area contributed by atoms with Gasteiger partial charge in [-0.25, -0.2) is 0 Å². The Morgan fingerprint density at radius 3 is 2.15 bits per heavy atom. The Bertz CT molecular complexity index is 921. The third kappa shape index (κ3) is 8.98. The van der Waals surface area contributed by atoms with Gasteiger partial charge in [-0.1, -0.05) is 24.3 Å². The molecule has 0 unspecified atom stereocenters. The van der Waals surface area contributed by atoms with Gasteiger partial charge in [0.15, 0.2) is 12.6 Å². The summed E-state index contributed by atoms with van der Waals surface area (Å²) in [4.78, 5) is 17.8. The molecular weight excluding hydrogens is 550 g/mol. The van der Waals surface area contributed by atoms with Crippen LogP contribution >= 0.6 is 24.0 Å². The molecule has 1 aliphatic rings. The lowest BCUT2D eigenvalue weighted by molar-refractivity contribution is -0.153. The van der Waals surface area contributed by atoms with Gasteiger partial charge >= 0.3 is 6.18 Å². The summed E-state index contributed by atoms with van der Waals surface area (Å²) in [6, 6.07) is 14.4. The van der Waals surface area contributed by atoms with E-state index in [2.05, 4.69) is 20.9 Å². The highest BCUT2D eigenvalue weighted by Gasteiger charge is 2.28. The van der Waals surface area contributed by atoms with Gasteiger partial charge < -0.3 is 25.6 Å². The molecule has 1 heterocycles. The zero-order chi connectivity index (χ0) is 23.0. The van der Waals surface area contributed by atoms with Crippen LogP contribution in [0.3, 0.4) is 0 Å². The highest BCUT2D eigenvalue weighted by molar-refractivity contribution is 14.0. The number of hydrogen-bond donors (Lipinski definition) is 3. The van der Waals surface area contributed by atoms with Gasteiger partial charge in [0, 0.05) is 38.9 Å². The van der Waals surface area contributed by atoms with Crippen molar-refractivity contribution in [2.75, 3.05) is 38.2 Å². The largest absolute Gasteiger partial charge is 0.484 e. The number of carbonyl (C=O) groups excluding carboxylic acids is 1. The fourth-order valence-electron chi connectivity index (χ4n) is 3.14. The van der Waals surface area contributed by atoms with Crippen LogP contribution in [0.25, 0.3) is 0 Å². The Labute approximate surface area is 207 Å². The SMILES string of the molecule is CN=C(NCc1ccc(OCC(F)(F)F)cc1)NCc1ccc(N2CCNC(=O)C2)cc1.I. The molecule has 1 aliphatic heterocycles. The number of nitrogens with one attached hydrogen (secondary N) is 3. The van der Waals surface area contributed by atoms with Gasteiger partial charge in [-0.05, 0) is 35.4 Å². The number of carbonyl (C=O) groups is 1. The summed E-state index contributed by atoms with van der Waals surface area (Å²) in [5.41, 5.74) is 2.94. The average molecular weight is 577 g/mol. The van der Waals surface area contributed by atoms with Crippen LogP contribution in [0, 0.1) is 0 Å². The molecule has 33 heavy (non-hydrogen) atoms. The molecule has 3 rings (SSSR count). The van der Waals surface area contributed by atoms with Crippen molar-refractivity contribution in [3.8, 4) is 5.75 Å². The summed E-state index contributed by atoms with van der Waals surface area (Å²) in [5.74, 6) is 0.793. The first-order valence-corrected chi connectivity index (χ1v) is 10.2. The van der Waals surface area contributed by atoms with Crippen molar-refractivity contribution in [1.29, 1.82) is 0 Å².